The molecule has 1 saturated heterocycles. The van der Waals surface area contributed by atoms with Crippen LogP contribution in [0.1, 0.15) is 37.8 Å². The Balaban J connectivity index is 1.28. The number of ether oxygens (including phenoxy) is 2. The number of nitrogens with one attached hydrogen (secondary N) is 1. The van der Waals surface area contributed by atoms with E-state index in [-0.39, 0.29) is 25.2 Å². The van der Waals surface area contributed by atoms with Crippen LogP contribution in [-0.2, 0) is 14.3 Å². The Morgan fingerprint density at radius 1 is 0.972 bits per heavy atom. The van der Waals surface area contributed by atoms with Crippen molar-refractivity contribution in [2.75, 3.05) is 39.3 Å². The third-order valence-electron chi connectivity index (χ3n) is 6.40. The summed E-state index contributed by atoms with van der Waals surface area (Å²) >= 11 is 0. The van der Waals surface area contributed by atoms with E-state index in [0.29, 0.717) is 26.2 Å². The van der Waals surface area contributed by atoms with Crippen LogP contribution in [0, 0.1) is 0 Å². The topological polar surface area (TPSA) is 108 Å². The van der Waals surface area contributed by atoms with Gasteiger partial charge < -0.3 is 24.8 Å². The summed E-state index contributed by atoms with van der Waals surface area (Å²) in [5.41, 5.74) is 3.95. The summed E-state index contributed by atoms with van der Waals surface area (Å²) in [6, 6.07) is 15.3. The van der Waals surface area contributed by atoms with Gasteiger partial charge in [-0.05, 0) is 43.0 Å². The number of hydrogen-bond acceptors (Lipinski definition) is 6. The zero-order chi connectivity index (χ0) is 25.9. The first-order chi connectivity index (χ1) is 17.1. The molecule has 0 unspecified atom stereocenters. The predicted molar refractivity (Wildman–Crippen MR) is 134 cm³/mol. The average molecular weight is 496 g/mol. The van der Waals surface area contributed by atoms with Crippen LogP contribution in [0.4, 0.5) is 9.59 Å². The number of carbonyl (C=O) groups is 3. The van der Waals surface area contributed by atoms with Crippen LogP contribution in [0.25, 0.3) is 11.1 Å². The molecule has 1 aliphatic carbocycles. The lowest BCUT2D eigenvalue weighted by molar-refractivity contribution is -0.140. The number of hydrogen-bond donors (Lipinski definition) is 2. The van der Waals surface area contributed by atoms with Crippen molar-refractivity contribution in [1.29, 1.82) is 0 Å². The Bertz CT molecular complexity index is 1070. The SMILES string of the molecule is CC(C)(C)OC(=O)N[C@H](CN1CCN(C(=O)OCC2c3ccccc3-c3ccccc32)CC1)C(=O)O. The lowest BCUT2D eigenvalue weighted by Gasteiger charge is -2.35. The van der Waals surface area contributed by atoms with Gasteiger partial charge in [-0.15, -0.1) is 0 Å². The molecule has 0 spiro atoms. The van der Waals surface area contributed by atoms with E-state index in [1.165, 1.54) is 11.1 Å². The standard InChI is InChI=1S/C27H33N3O6/c1-27(2,3)36-25(33)28-23(24(31)32)16-29-12-14-30(15-13-29)26(34)35-17-22-20-10-6-4-8-18(20)19-9-5-7-11-21(19)22/h4-11,22-23H,12-17H2,1-3H3,(H,28,33)(H,31,32)/t23-/m1/s1. The average Bonchev–Trinajstić information content (AvgIpc) is 3.15. The van der Waals surface area contributed by atoms with E-state index in [1.807, 2.05) is 29.2 Å². The van der Waals surface area contributed by atoms with Gasteiger partial charge in [0.15, 0.2) is 0 Å². The number of benzene rings is 2. The zero-order valence-electron chi connectivity index (χ0n) is 20.9. The molecule has 0 radical (unpaired) electrons. The maximum Gasteiger partial charge on any atom is 0.409 e. The van der Waals surface area contributed by atoms with Gasteiger partial charge in [0.25, 0.3) is 0 Å². The Morgan fingerprint density at radius 3 is 2.06 bits per heavy atom. The molecule has 2 aliphatic rings. The summed E-state index contributed by atoms with van der Waals surface area (Å²) in [4.78, 5) is 40.0. The molecule has 1 atom stereocenters. The minimum absolute atomic E-state index is 0.00195. The summed E-state index contributed by atoms with van der Waals surface area (Å²) in [5.74, 6) is -1.14. The maximum atomic E-state index is 12.8. The number of rotatable bonds is 6. The molecular weight excluding hydrogens is 462 g/mol. The van der Waals surface area contributed by atoms with Gasteiger partial charge in [0, 0.05) is 38.6 Å². The van der Waals surface area contributed by atoms with Crippen molar-refractivity contribution in [3.05, 3.63) is 59.7 Å². The first kappa shape index (κ1) is 25.5. The van der Waals surface area contributed by atoms with Gasteiger partial charge in [0.05, 0.1) is 0 Å². The second-order valence-corrected chi connectivity index (χ2v) is 10.1. The van der Waals surface area contributed by atoms with Crippen molar-refractivity contribution in [1.82, 2.24) is 15.1 Å². The largest absolute Gasteiger partial charge is 0.480 e. The first-order valence-corrected chi connectivity index (χ1v) is 12.2. The van der Waals surface area contributed by atoms with Crippen molar-refractivity contribution >= 4 is 18.2 Å². The van der Waals surface area contributed by atoms with Gasteiger partial charge in [-0.2, -0.15) is 0 Å². The Kier molecular flexibility index (Phi) is 7.49. The minimum atomic E-state index is -1.14. The number of amides is 2. The van der Waals surface area contributed by atoms with Crippen LogP contribution in [-0.4, -0.2) is 84.0 Å². The number of fused-ring (bicyclic) bond motifs is 3. The molecule has 0 bridgehead atoms. The van der Waals surface area contributed by atoms with Crippen LogP contribution in [0.2, 0.25) is 0 Å². The molecule has 1 fully saturated rings. The lowest BCUT2D eigenvalue weighted by Crippen LogP contribution is -2.55. The highest BCUT2D eigenvalue weighted by atomic mass is 16.6. The molecule has 1 aliphatic heterocycles. The number of piperazine rings is 1. The molecule has 2 aromatic carbocycles. The van der Waals surface area contributed by atoms with Gasteiger partial charge in [0.2, 0.25) is 0 Å². The fourth-order valence-electron chi connectivity index (χ4n) is 4.69. The molecule has 1 heterocycles. The molecule has 9 nitrogen and oxygen atoms in total. The van der Waals surface area contributed by atoms with E-state index in [1.54, 1.807) is 25.7 Å². The Morgan fingerprint density at radius 2 is 1.53 bits per heavy atom. The molecule has 9 heteroatoms. The number of alkyl carbamates (subject to hydrolysis) is 1. The van der Waals surface area contributed by atoms with Crippen LogP contribution in [0.3, 0.4) is 0 Å². The van der Waals surface area contributed by atoms with E-state index in [2.05, 4.69) is 29.6 Å². The van der Waals surface area contributed by atoms with Crippen LogP contribution >= 0.6 is 0 Å². The van der Waals surface area contributed by atoms with Gasteiger partial charge in [0.1, 0.15) is 18.2 Å². The van der Waals surface area contributed by atoms with Gasteiger partial charge in [-0.1, -0.05) is 48.5 Å². The van der Waals surface area contributed by atoms with Crippen LogP contribution in [0.5, 0.6) is 0 Å². The smallest absolute Gasteiger partial charge is 0.409 e. The van der Waals surface area contributed by atoms with E-state index in [4.69, 9.17) is 9.47 Å². The first-order valence-electron chi connectivity index (χ1n) is 12.2. The third kappa shape index (κ3) is 5.96. The fraction of sp³-hybridized carbons (Fsp3) is 0.444. The molecule has 0 saturated carbocycles. The molecule has 2 N–H and O–H groups in total. The summed E-state index contributed by atoms with van der Waals surface area (Å²) in [6.45, 7) is 7.29. The Hall–Kier alpha value is -3.59. The second-order valence-electron chi connectivity index (χ2n) is 10.1. The van der Waals surface area contributed by atoms with Crippen molar-refractivity contribution in [2.45, 2.75) is 38.3 Å². The Labute approximate surface area is 211 Å². The summed E-state index contributed by atoms with van der Waals surface area (Å²) < 4.78 is 10.9. The second kappa shape index (κ2) is 10.6. The zero-order valence-corrected chi connectivity index (χ0v) is 20.9. The van der Waals surface area contributed by atoms with Gasteiger partial charge >= 0.3 is 18.2 Å². The monoisotopic (exact) mass is 495 g/mol. The summed E-state index contributed by atoms with van der Waals surface area (Å²) in [6.07, 6.45) is -1.15. The molecule has 2 aromatic rings. The number of carboxylic acid groups (broad SMARTS) is 1. The third-order valence-corrected chi connectivity index (χ3v) is 6.40. The highest BCUT2D eigenvalue weighted by Crippen LogP contribution is 2.44. The highest BCUT2D eigenvalue weighted by Gasteiger charge is 2.32. The van der Waals surface area contributed by atoms with Crippen molar-refractivity contribution in [3.63, 3.8) is 0 Å². The van der Waals surface area contributed by atoms with Crippen LogP contribution < -0.4 is 5.32 Å². The molecule has 36 heavy (non-hydrogen) atoms. The van der Waals surface area contributed by atoms with E-state index in [0.717, 1.165) is 11.1 Å². The minimum Gasteiger partial charge on any atom is -0.480 e. The molecular formula is C27H33N3O6. The number of aliphatic carboxylic acids is 1. The van der Waals surface area contributed by atoms with E-state index >= 15 is 0 Å². The highest BCUT2D eigenvalue weighted by molar-refractivity contribution is 5.80. The molecule has 192 valence electrons. The van der Waals surface area contributed by atoms with Crippen LogP contribution in [0.15, 0.2) is 48.5 Å². The fourth-order valence-corrected chi connectivity index (χ4v) is 4.69. The normalized spacial score (nSPS) is 16.6. The number of nitrogens with zero attached hydrogens (tertiary/aromatic N) is 2. The maximum absolute atomic E-state index is 12.8. The van der Waals surface area contributed by atoms with Crippen molar-refractivity contribution in [3.8, 4) is 11.1 Å². The predicted octanol–water partition coefficient (Wildman–Crippen LogP) is 3.53. The molecule has 2 amide bonds. The van der Waals surface area contributed by atoms with Gasteiger partial charge in [-0.25, -0.2) is 14.4 Å². The molecule has 0 aromatic heterocycles. The molecule has 4 rings (SSSR count). The van der Waals surface area contributed by atoms with Crippen molar-refractivity contribution < 1.29 is 29.0 Å². The van der Waals surface area contributed by atoms with Crippen molar-refractivity contribution in [2.24, 2.45) is 0 Å². The summed E-state index contributed by atoms with van der Waals surface area (Å²) in [7, 11) is 0. The van der Waals surface area contributed by atoms with E-state index < -0.39 is 23.7 Å². The van der Waals surface area contributed by atoms with E-state index in [9.17, 15) is 19.5 Å². The summed E-state index contributed by atoms with van der Waals surface area (Å²) in [5, 5.41) is 11.9. The quantitative estimate of drug-likeness (QED) is 0.631. The lowest BCUT2D eigenvalue weighted by atomic mass is 9.98. The van der Waals surface area contributed by atoms with Gasteiger partial charge in [-0.3, -0.25) is 4.90 Å². The number of carbonyl (C=O) groups excluding carboxylic acids is 2. The number of carboxylic acids is 1.